The molecule has 2 rings (SSSR count). The maximum Gasteiger partial charge on any atom is 0.415 e. The molecule has 0 unspecified atom stereocenters. The molecule has 0 bridgehead atoms. The van der Waals surface area contributed by atoms with E-state index < -0.39 is 17.9 Å². The second-order valence-electron chi connectivity index (χ2n) is 5.28. The maximum atomic E-state index is 11.7. The number of hydrogen-bond acceptors (Lipinski definition) is 5. The summed E-state index contributed by atoms with van der Waals surface area (Å²) >= 11 is 0. The van der Waals surface area contributed by atoms with Gasteiger partial charge in [0.05, 0.1) is 6.92 Å². The van der Waals surface area contributed by atoms with Crippen molar-refractivity contribution in [1.29, 1.82) is 0 Å². The standard InChI is InChI=1S/C16H20O6/c1-16(20-12-6-2-3-7-12,21-13-8-4-5-9-13)22-15(19)11-10-14(17)18/h6,8,10-11H,2-5,7,9H2,1H3,(H,17,18)/b11-10-. The topological polar surface area (TPSA) is 82.1 Å². The largest absolute Gasteiger partial charge is 0.478 e. The van der Waals surface area contributed by atoms with Crippen LogP contribution in [0.2, 0.25) is 0 Å². The van der Waals surface area contributed by atoms with Crippen molar-refractivity contribution in [3.8, 4) is 0 Å². The first kappa shape index (κ1) is 16.1. The van der Waals surface area contributed by atoms with Crippen LogP contribution >= 0.6 is 0 Å². The highest BCUT2D eigenvalue weighted by Gasteiger charge is 2.36. The van der Waals surface area contributed by atoms with Crippen molar-refractivity contribution in [3.05, 3.63) is 35.8 Å². The number of hydrogen-bond donors (Lipinski definition) is 1. The van der Waals surface area contributed by atoms with Gasteiger partial charge in [-0.1, -0.05) is 0 Å². The van der Waals surface area contributed by atoms with E-state index in [4.69, 9.17) is 19.3 Å². The van der Waals surface area contributed by atoms with E-state index in [1.54, 1.807) is 0 Å². The SMILES string of the molecule is CC(OC(=O)/C=C\C(=O)O)(OC1=CCCC1)OC1=CCCC1. The molecule has 2 aliphatic rings. The number of carbonyl (C=O) groups excluding carboxylic acids is 1. The fourth-order valence-corrected chi connectivity index (χ4v) is 2.36. The molecule has 0 fully saturated rings. The highest BCUT2D eigenvalue weighted by molar-refractivity contribution is 5.90. The monoisotopic (exact) mass is 308 g/mol. The van der Waals surface area contributed by atoms with E-state index in [0.29, 0.717) is 6.08 Å². The predicted molar refractivity (Wildman–Crippen MR) is 77.3 cm³/mol. The van der Waals surface area contributed by atoms with Gasteiger partial charge in [0.15, 0.2) is 0 Å². The molecule has 0 spiro atoms. The minimum atomic E-state index is -1.59. The van der Waals surface area contributed by atoms with E-state index >= 15 is 0 Å². The molecule has 2 aliphatic carbocycles. The van der Waals surface area contributed by atoms with Crippen molar-refractivity contribution in [2.75, 3.05) is 0 Å². The second kappa shape index (κ2) is 7.15. The molecule has 0 radical (unpaired) electrons. The van der Waals surface area contributed by atoms with Crippen molar-refractivity contribution in [1.82, 2.24) is 0 Å². The summed E-state index contributed by atoms with van der Waals surface area (Å²) in [4.78, 5) is 22.2. The minimum absolute atomic E-state index is 0.715. The first-order chi connectivity index (χ1) is 10.5. The number of carboxylic acid groups (broad SMARTS) is 1. The highest BCUT2D eigenvalue weighted by atomic mass is 16.9. The molecule has 22 heavy (non-hydrogen) atoms. The van der Waals surface area contributed by atoms with Crippen LogP contribution in [0.5, 0.6) is 0 Å². The lowest BCUT2D eigenvalue weighted by molar-refractivity contribution is -0.321. The highest BCUT2D eigenvalue weighted by Crippen LogP contribution is 2.31. The quantitative estimate of drug-likeness (QED) is 0.442. The zero-order chi connectivity index (χ0) is 16.0. The van der Waals surface area contributed by atoms with Gasteiger partial charge in [0.2, 0.25) is 0 Å². The molecule has 6 nitrogen and oxygen atoms in total. The number of carbonyl (C=O) groups is 2. The van der Waals surface area contributed by atoms with E-state index in [1.807, 2.05) is 12.2 Å². The molecule has 0 aromatic rings. The summed E-state index contributed by atoms with van der Waals surface area (Å²) < 4.78 is 16.6. The summed E-state index contributed by atoms with van der Waals surface area (Å²) in [7, 11) is 0. The number of allylic oxidation sites excluding steroid dienone is 4. The fraction of sp³-hybridized carbons (Fsp3) is 0.500. The number of ether oxygens (including phenoxy) is 3. The van der Waals surface area contributed by atoms with Gasteiger partial charge in [-0.25, -0.2) is 9.59 Å². The Kier molecular flexibility index (Phi) is 5.25. The summed E-state index contributed by atoms with van der Waals surface area (Å²) in [6, 6.07) is 0. The fourth-order valence-electron chi connectivity index (χ4n) is 2.36. The lowest BCUT2D eigenvalue weighted by Crippen LogP contribution is -2.37. The Bertz CT molecular complexity index is 503. The number of aliphatic carboxylic acids is 1. The molecule has 0 saturated carbocycles. The van der Waals surface area contributed by atoms with Gasteiger partial charge in [-0.3, -0.25) is 0 Å². The van der Waals surface area contributed by atoms with Gasteiger partial charge >= 0.3 is 17.9 Å². The van der Waals surface area contributed by atoms with Crippen molar-refractivity contribution in [3.63, 3.8) is 0 Å². The molecule has 0 heterocycles. The third-order valence-electron chi connectivity index (χ3n) is 3.28. The van der Waals surface area contributed by atoms with Gasteiger partial charge in [-0.15, -0.1) is 0 Å². The van der Waals surface area contributed by atoms with Gasteiger partial charge in [-0.05, 0) is 37.8 Å². The Hall–Kier alpha value is -2.24. The van der Waals surface area contributed by atoms with Crippen molar-refractivity contribution in [2.45, 2.75) is 51.4 Å². The predicted octanol–water partition coefficient (Wildman–Crippen LogP) is 3.01. The van der Waals surface area contributed by atoms with Crippen LogP contribution in [-0.4, -0.2) is 23.0 Å². The van der Waals surface area contributed by atoms with Crippen LogP contribution in [0, 0.1) is 0 Å². The van der Waals surface area contributed by atoms with E-state index in [0.717, 1.165) is 56.1 Å². The maximum absolute atomic E-state index is 11.7. The summed E-state index contributed by atoms with van der Waals surface area (Å²) in [6.45, 7) is 1.51. The van der Waals surface area contributed by atoms with Crippen LogP contribution in [0.1, 0.15) is 45.4 Å². The molecule has 6 heteroatoms. The molecule has 0 amide bonds. The van der Waals surface area contributed by atoms with Crippen LogP contribution in [0.3, 0.4) is 0 Å². The molecule has 0 atom stereocenters. The van der Waals surface area contributed by atoms with E-state index in [2.05, 4.69) is 0 Å². The Balaban J connectivity index is 2.05. The molecule has 0 aliphatic heterocycles. The van der Waals surface area contributed by atoms with Crippen molar-refractivity contribution in [2.24, 2.45) is 0 Å². The number of rotatable bonds is 7. The lowest BCUT2D eigenvalue weighted by Gasteiger charge is -2.30. The third kappa shape index (κ3) is 4.95. The second-order valence-corrected chi connectivity index (χ2v) is 5.28. The van der Waals surface area contributed by atoms with Gasteiger partial charge in [-0.2, -0.15) is 0 Å². The van der Waals surface area contributed by atoms with Crippen LogP contribution < -0.4 is 0 Å². The molecule has 1 N–H and O–H groups in total. The number of esters is 1. The Morgan fingerprint density at radius 3 is 2.05 bits per heavy atom. The van der Waals surface area contributed by atoms with E-state index in [-0.39, 0.29) is 0 Å². The van der Waals surface area contributed by atoms with Crippen LogP contribution in [0.25, 0.3) is 0 Å². The Labute approximate surface area is 129 Å². The van der Waals surface area contributed by atoms with Crippen LogP contribution in [0.15, 0.2) is 35.8 Å². The molecule has 0 saturated heterocycles. The molecule has 0 aromatic heterocycles. The zero-order valence-electron chi connectivity index (χ0n) is 12.5. The first-order valence-electron chi connectivity index (χ1n) is 7.37. The summed E-state index contributed by atoms with van der Waals surface area (Å²) in [5, 5.41) is 8.54. The first-order valence-corrected chi connectivity index (χ1v) is 7.37. The van der Waals surface area contributed by atoms with E-state index in [9.17, 15) is 9.59 Å². The van der Waals surface area contributed by atoms with Crippen LogP contribution in [0.4, 0.5) is 0 Å². The molecular formula is C16H20O6. The average molecular weight is 308 g/mol. The van der Waals surface area contributed by atoms with E-state index in [1.165, 1.54) is 6.92 Å². The third-order valence-corrected chi connectivity index (χ3v) is 3.28. The Morgan fingerprint density at radius 2 is 1.64 bits per heavy atom. The van der Waals surface area contributed by atoms with Crippen molar-refractivity contribution < 1.29 is 28.9 Å². The molecular weight excluding hydrogens is 288 g/mol. The lowest BCUT2D eigenvalue weighted by atomic mass is 10.3. The number of carboxylic acids is 1. The minimum Gasteiger partial charge on any atom is -0.478 e. The summed E-state index contributed by atoms with van der Waals surface area (Å²) in [5.41, 5.74) is 0. The van der Waals surface area contributed by atoms with Gasteiger partial charge < -0.3 is 19.3 Å². The van der Waals surface area contributed by atoms with Gasteiger partial charge in [0, 0.05) is 25.0 Å². The van der Waals surface area contributed by atoms with Crippen LogP contribution in [-0.2, 0) is 23.8 Å². The normalized spacial score (nSPS) is 18.0. The zero-order valence-corrected chi connectivity index (χ0v) is 12.5. The molecule has 120 valence electrons. The Morgan fingerprint density at radius 1 is 1.09 bits per heavy atom. The van der Waals surface area contributed by atoms with Gasteiger partial charge in [0.1, 0.15) is 11.5 Å². The van der Waals surface area contributed by atoms with Crippen molar-refractivity contribution >= 4 is 11.9 Å². The van der Waals surface area contributed by atoms with Gasteiger partial charge in [0.25, 0.3) is 0 Å². The smallest absolute Gasteiger partial charge is 0.415 e. The molecule has 0 aromatic carbocycles. The summed E-state index contributed by atoms with van der Waals surface area (Å²) in [5.74, 6) is -2.21. The summed E-state index contributed by atoms with van der Waals surface area (Å²) in [6.07, 6.45) is 10.8. The average Bonchev–Trinajstić information content (AvgIpc) is 3.09.